The van der Waals surface area contributed by atoms with Gasteiger partial charge in [-0.05, 0) is 30.0 Å². The normalized spacial score (nSPS) is 15.6. The van der Waals surface area contributed by atoms with Gasteiger partial charge in [-0.3, -0.25) is 29.4 Å². The standard InChI is InChI=1S/C16H10ClN3O6S/c17-11-5-8(20(24)25)1-3-10(11)12-4-2-9(26-12)6-13-15(22)19(7-14(18)21)16(23)27-13/h1-6H,7H2,(H2,18,21)/b13-6-. The van der Waals surface area contributed by atoms with Crippen LogP contribution >= 0.6 is 23.4 Å². The van der Waals surface area contributed by atoms with Gasteiger partial charge in [0.05, 0.1) is 14.9 Å². The predicted molar refractivity (Wildman–Crippen MR) is 97.7 cm³/mol. The summed E-state index contributed by atoms with van der Waals surface area (Å²) >= 11 is 6.73. The zero-order chi connectivity index (χ0) is 19.7. The monoisotopic (exact) mass is 407 g/mol. The lowest BCUT2D eigenvalue weighted by molar-refractivity contribution is -0.384. The number of halogens is 1. The van der Waals surface area contributed by atoms with Gasteiger partial charge < -0.3 is 10.2 Å². The molecule has 138 valence electrons. The number of imide groups is 1. The largest absolute Gasteiger partial charge is 0.457 e. The molecule has 2 aromatic rings. The number of hydrogen-bond acceptors (Lipinski definition) is 7. The third-order valence-electron chi connectivity index (χ3n) is 3.52. The summed E-state index contributed by atoms with van der Waals surface area (Å²) in [4.78, 5) is 45.9. The molecule has 0 aliphatic carbocycles. The Bertz CT molecular complexity index is 1020. The second kappa shape index (κ2) is 7.25. The van der Waals surface area contributed by atoms with Crippen molar-refractivity contribution in [1.82, 2.24) is 4.90 Å². The van der Waals surface area contributed by atoms with Crippen molar-refractivity contribution < 1.29 is 23.7 Å². The predicted octanol–water partition coefficient (Wildman–Crippen LogP) is 3.03. The van der Waals surface area contributed by atoms with Gasteiger partial charge in [-0.1, -0.05) is 11.6 Å². The van der Waals surface area contributed by atoms with Crippen molar-refractivity contribution in [2.75, 3.05) is 6.54 Å². The first-order valence-electron chi connectivity index (χ1n) is 7.34. The van der Waals surface area contributed by atoms with Gasteiger partial charge in [0, 0.05) is 23.8 Å². The van der Waals surface area contributed by atoms with Gasteiger partial charge in [0.25, 0.3) is 16.8 Å². The smallest absolute Gasteiger partial charge is 0.294 e. The zero-order valence-electron chi connectivity index (χ0n) is 13.4. The molecule has 1 aromatic carbocycles. The number of carbonyl (C=O) groups excluding carboxylic acids is 3. The van der Waals surface area contributed by atoms with Crippen molar-refractivity contribution in [3.8, 4) is 11.3 Å². The number of rotatable bonds is 5. The Morgan fingerprint density at radius 3 is 2.70 bits per heavy atom. The minimum atomic E-state index is -0.799. The second-order valence-electron chi connectivity index (χ2n) is 5.36. The molecule has 1 aliphatic rings. The Kier molecular flexibility index (Phi) is 5.02. The molecule has 1 aliphatic heterocycles. The van der Waals surface area contributed by atoms with Gasteiger partial charge >= 0.3 is 0 Å². The van der Waals surface area contributed by atoms with Crippen molar-refractivity contribution >= 4 is 52.2 Å². The van der Waals surface area contributed by atoms with Gasteiger partial charge in [-0.2, -0.15) is 0 Å². The highest BCUT2D eigenvalue weighted by Gasteiger charge is 2.36. The van der Waals surface area contributed by atoms with Crippen LogP contribution in [0.5, 0.6) is 0 Å². The molecule has 0 unspecified atom stereocenters. The number of nitrogens with two attached hydrogens (primary N) is 1. The summed E-state index contributed by atoms with van der Waals surface area (Å²) in [6.07, 6.45) is 1.36. The van der Waals surface area contributed by atoms with Crippen molar-refractivity contribution in [3.63, 3.8) is 0 Å². The van der Waals surface area contributed by atoms with Crippen LogP contribution in [0.1, 0.15) is 5.76 Å². The number of primary amides is 1. The third-order valence-corrected chi connectivity index (χ3v) is 4.74. The fraction of sp³-hybridized carbons (Fsp3) is 0.0625. The van der Waals surface area contributed by atoms with E-state index in [1.54, 1.807) is 12.1 Å². The number of hydrogen-bond donors (Lipinski definition) is 1. The maximum Gasteiger partial charge on any atom is 0.294 e. The first kappa shape index (κ1) is 18.7. The molecule has 0 bridgehead atoms. The number of carbonyl (C=O) groups is 3. The van der Waals surface area contributed by atoms with Crippen molar-refractivity contribution in [3.05, 3.63) is 56.1 Å². The summed E-state index contributed by atoms with van der Waals surface area (Å²) in [5.41, 5.74) is 5.30. The fourth-order valence-corrected chi connectivity index (χ4v) is 3.40. The maximum absolute atomic E-state index is 12.2. The van der Waals surface area contributed by atoms with Crippen LogP contribution in [-0.2, 0) is 9.59 Å². The summed E-state index contributed by atoms with van der Waals surface area (Å²) < 4.78 is 5.60. The topological polar surface area (TPSA) is 137 Å². The van der Waals surface area contributed by atoms with Crippen LogP contribution in [0.3, 0.4) is 0 Å². The van der Waals surface area contributed by atoms with E-state index in [0.29, 0.717) is 23.1 Å². The van der Waals surface area contributed by atoms with E-state index in [-0.39, 0.29) is 21.4 Å². The van der Waals surface area contributed by atoms with Gasteiger partial charge in [-0.15, -0.1) is 0 Å². The summed E-state index contributed by atoms with van der Waals surface area (Å²) in [6, 6.07) is 7.07. The lowest BCUT2D eigenvalue weighted by Gasteiger charge is -2.08. The summed E-state index contributed by atoms with van der Waals surface area (Å²) in [6.45, 7) is -0.496. The molecule has 1 fully saturated rings. The first-order valence-corrected chi connectivity index (χ1v) is 8.53. The number of non-ortho nitro benzene ring substituents is 1. The molecule has 0 spiro atoms. The van der Waals surface area contributed by atoms with Gasteiger partial charge in [0.2, 0.25) is 5.91 Å². The molecule has 0 radical (unpaired) electrons. The molecular formula is C16H10ClN3O6S. The van der Waals surface area contributed by atoms with Gasteiger partial charge in [-0.25, -0.2) is 0 Å². The van der Waals surface area contributed by atoms with Crippen LogP contribution in [0.2, 0.25) is 5.02 Å². The van der Waals surface area contributed by atoms with E-state index in [4.69, 9.17) is 21.8 Å². The summed E-state index contributed by atoms with van der Waals surface area (Å²) in [5.74, 6) is -0.844. The minimum Gasteiger partial charge on any atom is -0.457 e. The SMILES string of the molecule is NC(=O)CN1C(=O)S/C(=C\c2ccc(-c3ccc([N+](=O)[O-])cc3Cl)o2)C1=O. The van der Waals surface area contributed by atoms with Crippen molar-refractivity contribution in [2.45, 2.75) is 0 Å². The van der Waals surface area contributed by atoms with E-state index in [1.807, 2.05) is 0 Å². The number of thioether (sulfide) groups is 1. The van der Waals surface area contributed by atoms with Crippen LogP contribution in [-0.4, -0.2) is 33.4 Å². The van der Waals surface area contributed by atoms with E-state index in [0.717, 1.165) is 4.90 Å². The van der Waals surface area contributed by atoms with Crippen LogP contribution in [0, 0.1) is 10.1 Å². The molecule has 0 saturated carbocycles. The minimum absolute atomic E-state index is 0.0805. The Balaban J connectivity index is 1.86. The van der Waals surface area contributed by atoms with Crippen molar-refractivity contribution in [1.29, 1.82) is 0 Å². The molecule has 0 atom stereocenters. The Morgan fingerprint density at radius 2 is 2.07 bits per heavy atom. The Hall–Kier alpha value is -3.11. The molecule has 11 heteroatoms. The lowest BCUT2D eigenvalue weighted by Crippen LogP contribution is -2.36. The number of furan rings is 1. The van der Waals surface area contributed by atoms with E-state index in [2.05, 4.69) is 0 Å². The number of nitro benzene ring substituents is 1. The molecule has 9 nitrogen and oxygen atoms in total. The summed E-state index contributed by atoms with van der Waals surface area (Å²) in [5, 5.41) is 10.3. The van der Waals surface area contributed by atoms with Crippen LogP contribution in [0.4, 0.5) is 10.5 Å². The molecule has 1 saturated heterocycles. The molecule has 3 rings (SSSR count). The molecule has 3 amide bonds. The highest BCUT2D eigenvalue weighted by molar-refractivity contribution is 8.18. The van der Waals surface area contributed by atoms with E-state index in [1.165, 1.54) is 24.3 Å². The zero-order valence-corrected chi connectivity index (χ0v) is 15.0. The molecule has 2 heterocycles. The molecule has 27 heavy (non-hydrogen) atoms. The molecular weight excluding hydrogens is 398 g/mol. The molecule has 2 N–H and O–H groups in total. The first-order chi connectivity index (χ1) is 12.8. The average molecular weight is 408 g/mol. The van der Waals surface area contributed by atoms with E-state index in [9.17, 15) is 24.5 Å². The lowest BCUT2D eigenvalue weighted by atomic mass is 10.1. The average Bonchev–Trinajstić information content (AvgIpc) is 3.15. The number of nitrogens with zero attached hydrogens (tertiary/aromatic N) is 2. The van der Waals surface area contributed by atoms with E-state index < -0.39 is 28.5 Å². The number of amides is 3. The van der Waals surface area contributed by atoms with Crippen LogP contribution in [0.15, 0.2) is 39.7 Å². The van der Waals surface area contributed by atoms with Gasteiger partial charge in [0.15, 0.2) is 0 Å². The third kappa shape index (κ3) is 3.86. The fourth-order valence-electron chi connectivity index (χ4n) is 2.31. The highest BCUT2D eigenvalue weighted by Crippen LogP contribution is 2.35. The quantitative estimate of drug-likeness (QED) is 0.456. The Labute approximate surface area is 160 Å². The maximum atomic E-state index is 12.2. The van der Waals surface area contributed by atoms with Crippen LogP contribution in [0.25, 0.3) is 17.4 Å². The highest BCUT2D eigenvalue weighted by atomic mass is 35.5. The summed E-state index contributed by atoms with van der Waals surface area (Å²) in [7, 11) is 0. The van der Waals surface area contributed by atoms with Crippen LogP contribution < -0.4 is 5.73 Å². The number of benzene rings is 1. The van der Waals surface area contributed by atoms with Gasteiger partial charge in [0.1, 0.15) is 18.1 Å². The second-order valence-corrected chi connectivity index (χ2v) is 6.76. The molecule has 1 aromatic heterocycles. The Morgan fingerprint density at radius 1 is 1.33 bits per heavy atom. The van der Waals surface area contributed by atoms with Crippen molar-refractivity contribution in [2.24, 2.45) is 5.73 Å². The number of nitro groups is 1. The van der Waals surface area contributed by atoms with E-state index >= 15 is 0 Å².